The zero-order chi connectivity index (χ0) is 15.8. The number of carbonyl (C=O) groups is 1. The Hall–Kier alpha value is -1.73. The van der Waals surface area contributed by atoms with Crippen molar-refractivity contribution in [3.63, 3.8) is 0 Å². The average Bonchev–Trinajstić information content (AvgIpc) is 3.03. The minimum absolute atomic E-state index is 0.183. The standard InChI is InChI=1S/C15H25N5O2/c1-20(2)9-4-8-16-15(21)13-6-7-14(19-18-13)17-11-12-5-3-10-22-12/h6-7,12H,3-5,8-11H2,1-2H3,(H,16,21)(H,17,19). The molecule has 2 rings (SSSR count). The van der Waals surface area contributed by atoms with Crippen LogP contribution in [0.1, 0.15) is 29.8 Å². The first-order valence-electron chi connectivity index (χ1n) is 7.77. The van der Waals surface area contributed by atoms with Gasteiger partial charge in [0.2, 0.25) is 0 Å². The van der Waals surface area contributed by atoms with Gasteiger partial charge in [-0.3, -0.25) is 4.79 Å². The molecule has 22 heavy (non-hydrogen) atoms. The largest absolute Gasteiger partial charge is 0.376 e. The van der Waals surface area contributed by atoms with E-state index in [0.717, 1.165) is 39.0 Å². The van der Waals surface area contributed by atoms with Crippen molar-refractivity contribution < 1.29 is 9.53 Å². The summed E-state index contributed by atoms with van der Waals surface area (Å²) in [5, 5.41) is 14.0. The number of hydrogen-bond donors (Lipinski definition) is 2. The zero-order valence-electron chi connectivity index (χ0n) is 13.3. The Morgan fingerprint density at radius 1 is 1.41 bits per heavy atom. The van der Waals surface area contributed by atoms with Crippen LogP contribution in [0.15, 0.2) is 12.1 Å². The Balaban J connectivity index is 1.71. The van der Waals surface area contributed by atoms with Gasteiger partial charge in [0.1, 0.15) is 5.82 Å². The normalized spacial score (nSPS) is 17.7. The third-order valence-corrected chi connectivity index (χ3v) is 3.50. The maximum absolute atomic E-state index is 11.9. The molecule has 122 valence electrons. The van der Waals surface area contributed by atoms with Crippen molar-refractivity contribution >= 4 is 11.7 Å². The molecule has 1 saturated heterocycles. The van der Waals surface area contributed by atoms with E-state index in [1.54, 1.807) is 12.1 Å². The first-order chi connectivity index (χ1) is 10.6. The van der Waals surface area contributed by atoms with Gasteiger partial charge in [-0.05, 0) is 52.0 Å². The lowest BCUT2D eigenvalue weighted by Gasteiger charge is -2.11. The quantitative estimate of drug-likeness (QED) is 0.690. The molecule has 7 nitrogen and oxygen atoms in total. The number of amides is 1. The maximum Gasteiger partial charge on any atom is 0.271 e. The number of hydrogen-bond acceptors (Lipinski definition) is 6. The smallest absolute Gasteiger partial charge is 0.271 e. The summed E-state index contributed by atoms with van der Waals surface area (Å²) < 4.78 is 5.53. The molecule has 1 atom stereocenters. The van der Waals surface area contributed by atoms with Crippen LogP contribution >= 0.6 is 0 Å². The van der Waals surface area contributed by atoms with E-state index in [4.69, 9.17) is 4.74 Å². The van der Waals surface area contributed by atoms with Gasteiger partial charge in [0, 0.05) is 19.7 Å². The molecular weight excluding hydrogens is 282 g/mol. The summed E-state index contributed by atoms with van der Waals surface area (Å²) in [4.78, 5) is 14.0. The van der Waals surface area contributed by atoms with E-state index < -0.39 is 0 Å². The molecule has 1 unspecified atom stereocenters. The summed E-state index contributed by atoms with van der Waals surface area (Å²) in [6, 6.07) is 3.46. The summed E-state index contributed by atoms with van der Waals surface area (Å²) in [7, 11) is 4.02. The van der Waals surface area contributed by atoms with Gasteiger partial charge in [-0.15, -0.1) is 10.2 Å². The predicted molar refractivity (Wildman–Crippen MR) is 85.0 cm³/mol. The molecule has 1 aromatic rings. The van der Waals surface area contributed by atoms with E-state index in [-0.39, 0.29) is 12.0 Å². The highest BCUT2D eigenvalue weighted by atomic mass is 16.5. The SMILES string of the molecule is CN(C)CCCNC(=O)c1ccc(NCC2CCCO2)nn1. The number of rotatable bonds is 8. The molecule has 1 fully saturated rings. The highest BCUT2D eigenvalue weighted by Gasteiger charge is 2.15. The molecule has 1 aliphatic heterocycles. The number of carbonyl (C=O) groups excluding carboxylic acids is 1. The van der Waals surface area contributed by atoms with E-state index in [0.29, 0.717) is 18.1 Å². The second-order valence-electron chi connectivity index (χ2n) is 5.73. The Kier molecular flexibility index (Phi) is 6.54. The molecule has 0 aromatic carbocycles. The molecule has 0 aliphatic carbocycles. The summed E-state index contributed by atoms with van der Waals surface area (Å²) in [5.74, 6) is 0.483. The molecular formula is C15H25N5O2. The highest BCUT2D eigenvalue weighted by Crippen LogP contribution is 2.12. The first-order valence-corrected chi connectivity index (χ1v) is 7.77. The van der Waals surface area contributed by atoms with Crippen molar-refractivity contribution in [2.45, 2.75) is 25.4 Å². The van der Waals surface area contributed by atoms with Gasteiger partial charge in [-0.1, -0.05) is 0 Å². The van der Waals surface area contributed by atoms with Crippen molar-refractivity contribution in [3.8, 4) is 0 Å². The Morgan fingerprint density at radius 3 is 2.91 bits per heavy atom. The number of anilines is 1. The van der Waals surface area contributed by atoms with Gasteiger partial charge >= 0.3 is 0 Å². The van der Waals surface area contributed by atoms with Gasteiger partial charge in [0.05, 0.1) is 6.10 Å². The van der Waals surface area contributed by atoms with Crippen molar-refractivity contribution in [1.29, 1.82) is 0 Å². The fourth-order valence-electron chi connectivity index (χ4n) is 2.26. The second kappa shape index (κ2) is 8.65. The molecule has 1 amide bonds. The Morgan fingerprint density at radius 2 is 2.27 bits per heavy atom. The molecule has 0 saturated carbocycles. The second-order valence-corrected chi connectivity index (χ2v) is 5.73. The lowest BCUT2D eigenvalue weighted by Crippen LogP contribution is -2.28. The fourth-order valence-corrected chi connectivity index (χ4v) is 2.26. The maximum atomic E-state index is 11.9. The van der Waals surface area contributed by atoms with Crippen LogP contribution in [0.3, 0.4) is 0 Å². The molecule has 0 spiro atoms. The first kappa shape index (κ1) is 16.6. The molecule has 2 heterocycles. The van der Waals surface area contributed by atoms with Gasteiger partial charge in [-0.25, -0.2) is 0 Å². The van der Waals surface area contributed by atoms with Crippen molar-refractivity contribution in [2.75, 3.05) is 45.7 Å². The topological polar surface area (TPSA) is 79.4 Å². The van der Waals surface area contributed by atoms with Gasteiger partial charge in [0.25, 0.3) is 5.91 Å². The van der Waals surface area contributed by atoms with E-state index in [9.17, 15) is 4.79 Å². The lowest BCUT2D eigenvalue weighted by molar-refractivity contribution is 0.0946. The van der Waals surface area contributed by atoms with E-state index in [1.165, 1.54) is 0 Å². The van der Waals surface area contributed by atoms with Crippen LogP contribution in [0.4, 0.5) is 5.82 Å². The zero-order valence-corrected chi connectivity index (χ0v) is 13.3. The van der Waals surface area contributed by atoms with E-state index in [2.05, 4.69) is 25.7 Å². The predicted octanol–water partition coefficient (Wildman–Crippen LogP) is 0.749. The van der Waals surface area contributed by atoms with Crippen LogP contribution in [0.2, 0.25) is 0 Å². The molecule has 0 bridgehead atoms. The molecule has 1 aliphatic rings. The van der Waals surface area contributed by atoms with Crippen LogP contribution in [0.5, 0.6) is 0 Å². The highest BCUT2D eigenvalue weighted by molar-refractivity contribution is 5.92. The van der Waals surface area contributed by atoms with Crippen LogP contribution in [0.25, 0.3) is 0 Å². The van der Waals surface area contributed by atoms with Crippen LogP contribution in [-0.2, 0) is 4.74 Å². The minimum atomic E-state index is -0.183. The molecule has 2 N–H and O–H groups in total. The summed E-state index contributed by atoms with van der Waals surface area (Å²) in [6.45, 7) is 3.14. The number of aromatic nitrogens is 2. The summed E-state index contributed by atoms with van der Waals surface area (Å²) in [5.41, 5.74) is 0.340. The summed E-state index contributed by atoms with van der Waals surface area (Å²) >= 11 is 0. The molecule has 7 heteroatoms. The summed E-state index contributed by atoms with van der Waals surface area (Å²) in [6.07, 6.45) is 3.35. The van der Waals surface area contributed by atoms with Crippen LogP contribution in [0, 0.1) is 0 Å². The van der Waals surface area contributed by atoms with E-state index in [1.807, 2.05) is 14.1 Å². The Bertz CT molecular complexity index is 458. The van der Waals surface area contributed by atoms with Gasteiger partial charge < -0.3 is 20.3 Å². The number of ether oxygens (including phenoxy) is 1. The van der Waals surface area contributed by atoms with Crippen LogP contribution in [-0.4, -0.2) is 67.4 Å². The lowest BCUT2D eigenvalue weighted by atomic mass is 10.2. The number of nitrogens with one attached hydrogen (secondary N) is 2. The third kappa shape index (κ3) is 5.57. The van der Waals surface area contributed by atoms with Crippen molar-refractivity contribution in [1.82, 2.24) is 20.4 Å². The minimum Gasteiger partial charge on any atom is -0.376 e. The average molecular weight is 307 g/mol. The van der Waals surface area contributed by atoms with Gasteiger partial charge in [0.15, 0.2) is 5.69 Å². The van der Waals surface area contributed by atoms with Gasteiger partial charge in [-0.2, -0.15) is 0 Å². The molecule has 1 aromatic heterocycles. The third-order valence-electron chi connectivity index (χ3n) is 3.50. The fraction of sp³-hybridized carbons (Fsp3) is 0.667. The van der Waals surface area contributed by atoms with E-state index >= 15 is 0 Å². The van der Waals surface area contributed by atoms with Crippen molar-refractivity contribution in [3.05, 3.63) is 17.8 Å². The van der Waals surface area contributed by atoms with Crippen LogP contribution < -0.4 is 10.6 Å². The monoisotopic (exact) mass is 307 g/mol. The molecule has 0 radical (unpaired) electrons. The number of nitrogens with zero attached hydrogens (tertiary/aromatic N) is 3. The van der Waals surface area contributed by atoms with Crippen molar-refractivity contribution in [2.24, 2.45) is 0 Å². The Labute approximate surface area is 131 Å².